The van der Waals surface area contributed by atoms with Gasteiger partial charge in [0.1, 0.15) is 0 Å². The van der Waals surface area contributed by atoms with Crippen LogP contribution in [0.15, 0.2) is 5.38 Å². The molecule has 7 heteroatoms. The van der Waals surface area contributed by atoms with Gasteiger partial charge in [-0.25, -0.2) is 14.5 Å². The number of fused-ring (bicyclic) bond motifs is 1. The molecule has 3 rings (SSSR count). The molecule has 0 amide bonds. The third kappa shape index (κ3) is 2.37. The number of Topliss-reactive ketones (excluding diaryl/α,β-unsaturated/α-hetero) is 1. The highest BCUT2D eigenvalue weighted by atomic mass is 32.1. The van der Waals surface area contributed by atoms with Crippen LogP contribution in [0, 0.1) is 6.92 Å². The number of carbonyl (C=O) groups excluding carboxylic acids is 2. The van der Waals surface area contributed by atoms with Gasteiger partial charge in [-0.05, 0) is 26.7 Å². The van der Waals surface area contributed by atoms with Crippen molar-refractivity contribution in [1.29, 1.82) is 0 Å². The number of carbonyl (C=O) groups is 2. The van der Waals surface area contributed by atoms with Crippen LogP contribution in [0.1, 0.15) is 52.0 Å². The highest BCUT2D eigenvalue weighted by Crippen LogP contribution is 2.28. The van der Waals surface area contributed by atoms with Crippen molar-refractivity contribution in [2.24, 2.45) is 0 Å². The second-order valence-corrected chi connectivity index (χ2v) is 5.69. The molecule has 110 valence electrons. The van der Waals surface area contributed by atoms with E-state index in [4.69, 9.17) is 4.74 Å². The highest BCUT2D eigenvalue weighted by Gasteiger charge is 2.32. The van der Waals surface area contributed by atoms with Gasteiger partial charge in [-0.3, -0.25) is 4.79 Å². The van der Waals surface area contributed by atoms with Crippen molar-refractivity contribution < 1.29 is 14.3 Å². The summed E-state index contributed by atoms with van der Waals surface area (Å²) in [6.07, 6.45) is 1.93. The Morgan fingerprint density at radius 3 is 2.95 bits per heavy atom. The zero-order chi connectivity index (χ0) is 15.0. The first-order valence-corrected chi connectivity index (χ1v) is 7.74. The average Bonchev–Trinajstić information content (AvgIpc) is 3.03. The Bertz CT molecular complexity index is 717. The molecule has 1 aliphatic carbocycles. The molecule has 0 unspecified atom stereocenters. The minimum atomic E-state index is -0.545. The van der Waals surface area contributed by atoms with Gasteiger partial charge in [-0.15, -0.1) is 11.3 Å². The van der Waals surface area contributed by atoms with Crippen LogP contribution in [0.3, 0.4) is 0 Å². The van der Waals surface area contributed by atoms with Gasteiger partial charge >= 0.3 is 5.97 Å². The summed E-state index contributed by atoms with van der Waals surface area (Å²) in [5.74, 6) is -0.588. The fourth-order valence-electron chi connectivity index (χ4n) is 2.46. The molecule has 0 fully saturated rings. The molecule has 2 aromatic heterocycles. The molecule has 1 aliphatic rings. The molecule has 0 bridgehead atoms. The minimum absolute atomic E-state index is 0.0427. The van der Waals surface area contributed by atoms with Crippen molar-refractivity contribution >= 4 is 23.1 Å². The Balaban J connectivity index is 2.16. The molecule has 0 radical (unpaired) electrons. The third-order valence-electron chi connectivity index (χ3n) is 3.33. The predicted molar refractivity (Wildman–Crippen MR) is 77.2 cm³/mol. The summed E-state index contributed by atoms with van der Waals surface area (Å²) in [6.45, 7) is 3.88. The Morgan fingerprint density at radius 1 is 1.48 bits per heavy atom. The number of ketones is 1. The van der Waals surface area contributed by atoms with Gasteiger partial charge in [0.15, 0.2) is 11.5 Å². The summed E-state index contributed by atoms with van der Waals surface area (Å²) in [5, 5.41) is 6.90. The first-order chi connectivity index (χ1) is 10.1. The van der Waals surface area contributed by atoms with Crippen LogP contribution in [0.25, 0.3) is 5.13 Å². The molecular weight excluding hydrogens is 290 g/mol. The number of aromatic nitrogens is 3. The van der Waals surface area contributed by atoms with Crippen LogP contribution < -0.4 is 0 Å². The van der Waals surface area contributed by atoms with Crippen molar-refractivity contribution in [3.63, 3.8) is 0 Å². The number of hydrogen-bond acceptors (Lipinski definition) is 6. The first kappa shape index (κ1) is 13.9. The van der Waals surface area contributed by atoms with Crippen LogP contribution in [-0.4, -0.2) is 33.1 Å². The molecule has 2 heterocycles. The topological polar surface area (TPSA) is 74.1 Å². The Labute approximate surface area is 125 Å². The second-order valence-electron chi connectivity index (χ2n) is 4.85. The standard InChI is InChI=1S/C14H15N3O3S/c1-3-20-13(19)12-11-9(5-4-6-10(11)18)17(16-12)14-15-8(2)7-21-14/h7H,3-6H2,1-2H3. The Kier molecular flexibility index (Phi) is 3.59. The van der Waals surface area contributed by atoms with Gasteiger partial charge in [-0.2, -0.15) is 5.10 Å². The molecule has 0 aliphatic heterocycles. The van der Waals surface area contributed by atoms with Crippen molar-refractivity contribution in [2.45, 2.75) is 33.1 Å². The van der Waals surface area contributed by atoms with Crippen LogP contribution >= 0.6 is 11.3 Å². The lowest BCUT2D eigenvalue weighted by atomic mass is 9.94. The minimum Gasteiger partial charge on any atom is -0.461 e. The van der Waals surface area contributed by atoms with E-state index < -0.39 is 5.97 Å². The van der Waals surface area contributed by atoms with Crippen molar-refractivity contribution in [2.75, 3.05) is 6.61 Å². The monoisotopic (exact) mass is 305 g/mol. The fraction of sp³-hybridized carbons (Fsp3) is 0.429. The van der Waals surface area contributed by atoms with E-state index in [1.807, 2.05) is 12.3 Å². The van der Waals surface area contributed by atoms with E-state index >= 15 is 0 Å². The quantitative estimate of drug-likeness (QED) is 0.814. The Morgan fingerprint density at radius 2 is 2.29 bits per heavy atom. The molecule has 0 saturated heterocycles. The summed E-state index contributed by atoms with van der Waals surface area (Å²) >= 11 is 1.44. The molecule has 0 N–H and O–H groups in total. The number of hydrogen-bond donors (Lipinski definition) is 0. The number of aryl methyl sites for hydroxylation is 1. The molecule has 0 saturated carbocycles. The molecule has 0 atom stereocenters. The van der Waals surface area contributed by atoms with E-state index in [1.165, 1.54) is 11.3 Å². The summed E-state index contributed by atoms with van der Waals surface area (Å²) in [6, 6.07) is 0. The van der Waals surface area contributed by atoms with Crippen LogP contribution in [-0.2, 0) is 11.2 Å². The number of nitrogens with zero attached hydrogens (tertiary/aromatic N) is 3. The van der Waals surface area contributed by atoms with E-state index in [-0.39, 0.29) is 18.1 Å². The SMILES string of the molecule is CCOC(=O)c1nn(-c2nc(C)cs2)c2c1C(=O)CCC2. The van der Waals surface area contributed by atoms with E-state index in [2.05, 4.69) is 10.1 Å². The summed E-state index contributed by atoms with van der Waals surface area (Å²) < 4.78 is 6.63. The number of esters is 1. The van der Waals surface area contributed by atoms with Crippen molar-refractivity contribution in [3.8, 4) is 5.13 Å². The van der Waals surface area contributed by atoms with E-state index in [9.17, 15) is 9.59 Å². The van der Waals surface area contributed by atoms with Gasteiger partial charge in [-0.1, -0.05) is 0 Å². The normalized spacial score (nSPS) is 14.1. The predicted octanol–water partition coefficient (Wildman–Crippen LogP) is 2.33. The van der Waals surface area contributed by atoms with Crippen LogP contribution in [0.2, 0.25) is 0 Å². The second kappa shape index (κ2) is 5.40. The lowest BCUT2D eigenvalue weighted by molar-refractivity contribution is 0.0515. The van der Waals surface area contributed by atoms with Crippen LogP contribution in [0.4, 0.5) is 0 Å². The summed E-state index contributed by atoms with van der Waals surface area (Å²) in [4.78, 5) is 28.6. The number of ether oxygens (including phenoxy) is 1. The highest BCUT2D eigenvalue weighted by molar-refractivity contribution is 7.12. The van der Waals surface area contributed by atoms with Gasteiger partial charge in [0.05, 0.1) is 23.6 Å². The van der Waals surface area contributed by atoms with Crippen molar-refractivity contribution in [3.05, 3.63) is 28.0 Å². The van der Waals surface area contributed by atoms with E-state index in [0.29, 0.717) is 23.5 Å². The molecule has 0 aromatic carbocycles. The Hall–Kier alpha value is -2.02. The third-order valence-corrected chi connectivity index (χ3v) is 4.27. The first-order valence-electron chi connectivity index (χ1n) is 6.86. The maximum Gasteiger partial charge on any atom is 0.359 e. The zero-order valence-electron chi connectivity index (χ0n) is 11.9. The van der Waals surface area contributed by atoms with Gasteiger partial charge in [0.2, 0.25) is 5.13 Å². The van der Waals surface area contributed by atoms with E-state index in [1.54, 1.807) is 11.6 Å². The van der Waals surface area contributed by atoms with Gasteiger partial charge in [0, 0.05) is 11.8 Å². The lowest BCUT2D eigenvalue weighted by Gasteiger charge is -2.11. The molecule has 2 aromatic rings. The van der Waals surface area contributed by atoms with Gasteiger partial charge < -0.3 is 4.74 Å². The number of rotatable bonds is 3. The van der Waals surface area contributed by atoms with Gasteiger partial charge in [0.25, 0.3) is 0 Å². The fourth-order valence-corrected chi connectivity index (χ4v) is 3.23. The van der Waals surface area contributed by atoms with E-state index in [0.717, 1.165) is 17.8 Å². The lowest BCUT2D eigenvalue weighted by Crippen LogP contribution is -2.15. The maximum atomic E-state index is 12.2. The van der Waals surface area contributed by atoms with Crippen LogP contribution in [0.5, 0.6) is 0 Å². The summed E-state index contributed by atoms with van der Waals surface area (Å²) in [7, 11) is 0. The molecular formula is C14H15N3O3S. The van der Waals surface area contributed by atoms with Crippen molar-refractivity contribution in [1.82, 2.24) is 14.8 Å². The largest absolute Gasteiger partial charge is 0.461 e. The molecule has 6 nitrogen and oxygen atoms in total. The smallest absolute Gasteiger partial charge is 0.359 e. The zero-order valence-corrected chi connectivity index (χ0v) is 12.7. The molecule has 0 spiro atoms. The number of thiazole rings is 1. The molecule has 21 heavy (non-hydrogen) atoms. The summed E-state index contributed by atoms with van der Waals surface area (Å²) in [5.41, 5.74) is 2.18. The average molecular weight is 305 g/mol. The maximum absolute atomic E-state index is 12.2.